The van der Waals surface area contributed by atoms with Crippen molar-refractivity contribution in [3.05, 3.63) is 17.2 Å². The Kier molecular flexibility index (Phi) is 3.01. The average molecular weight is 240 g/mol. The van der Waals surface area contributed by atoms with Crippen LogP contribution in [0.1, 0.15) is 13.8 Å². The molecule has 1 heterocycles. The number of benzene rings is 1. The molecule has 0 amide bonds. The van der Waals surface area contributed by atoms with Crippen LogP contribution in [-0.4, -0.2) is 22.1 Å². The summed E-state index contributed by atoms with van der Waals surface area (Å²) in [4.78, 5) is 0. The first-order valence-electron chi connectivity index (χ1n) is 5.19. The fraction of sp³-hybridized carbons (Fsp3) is 0.455. The minimum absolute atomic E-state index is 0.519. The van der Waals surface area contributed by atoms with Gasteiger partial charge in [-0.25, -0.2) is 4.68 Å². The summed E-state index contributed by atoms with van der Waals surface area (Å²) < 4.78 is 7.00. The van der Waals surface area contributed by atoms with Crippen LogP contribution in [0.2, 0.25) is 5.02 Å². The molecule has 2 rings (SSSR count). The van der Waals surface area contributed by atoms with E-state index in [0.29, 0.717) is 22.2 Å². The number of ether oxygens (including phenoxy) is 1. The summed E-state index contributed by atoms with van der Waals surface area (Å²) in [7, 11) is 1.59. The molecule has 0 N–H and O–H groups in total. The van der Waals surface area contributed by atoms with Crippen molar-refractivity contribution in [2.75, 3.05) is 7.11 Å². The summed E-state index contributed by atoms with van der Waals surface area (Å²) in [6.07, 6.45) is 0. The van der Waals surface area contributed by atoms with E-state index in [2.05, 4.69) is 24.2 Å². The van der Waals surface area contributed by atoms with Gasteiger partial charge in [-0.2, -0.15) is 0 Å². The summed E-state index contributed by atoms with van der Waals surface area (Å²) in [6.45, 7) is 5.11. The fourth-order valence-electron chi connectivity index (χ4n) is 1.62. The monoisotopic (exact) mass is 239 g/mol. The van der Waals surface area contributed by atoms with E-state index in [4.69, 9.17) is 16.3 Å². The molecule has 1 aromatic heterocycles. The molecule has 16 heavy (non-hydrogen) atoms. The molecule has 0 aliphatic heterocycles. The van der Waals surface area contributed by atoms with Crippen LogP contribution in [0.4, 0.5) is 0 Å². The number of hydrogen-bond donors (Lipinski definition) is 0. The molecule has 0 fully saturated rings. The SMILES string of the molecule is COc1ccc2c(nnn2CC(C)C)c1Cl. The second-order valence-corrected chi connectivity index (χ2v) is 4.49. The minimum Gasteiger partial charge on any atom is -0.495 e. The molecule has 2 aromatic rings. The second kappa shape index (κ2) is 4.29. The molecule has 0 bridgehead atoms. The van der Waals surface area contributed by atoms with Crippen molar-refractivity contribution in [3.63, 3.8) is 0 Å². The molecular weight excluding hydrogens is 226 g/mol. The molecule has 0 aliphatic rings. The lowest BCUT2D eigenvalue weighted by atomic mass is 10.2. The third-order valence-corrected chi connectivity index (χ3v) is 2.71. The highest BCUT2D eigenvalue weighted by molar-refractivity contribution is 6.36. The van der Waals surface area contributed by atoms with Crippen molar-refractivity contribution in [1.29, 1.82) is 0 Å². The van der Waals surface area contributed by atoms with Gasteiger partial charge in [-0.1, -0.05) is 30.7 Å². The Labute approximate surface area is 99.1 Å². The normalized spacial score (nSPS) is 11.3. The van der Waals surface area contributed by atoms with E-state index >= 15 is 0 Å². The van der Waals surface area contributed by atoms with Gasteiger partial charge < -0.3 is 4.74 Å². The van der Waals surface area contributed by atoms with Crippen LogP contribution in [0.15, 0.2) is 12.1 Å². The largest absolute Gasteiger partial charge is 0.495 e. The first-order chi connectivity index (χ1) is 7.63. The summed E-state index contributed by atoms with van der Waals surface area (Å²) >= 11 is 6.15. The molecule has 0 unspecified atom stereocenters. The van der Waals surface area contributed by atoms with Crippen molar-refractivity contribution in [1.82, 2.24) is 15.0 Å². The zero-order valence-corrected chi connectivity index (χ0v) is 10.3. The summed E-state index contributed by atoms with van der Waals surface area (Å²) in [5.74, 6) is 1.15. The highest BCUT2D eigenvalue weighted by atomic mass is 35.5. The van der Waals surface area contributed by atoms with Gasteiger partial charge in [0.25, 0.3) is 0 Å². The summed E-state index contributed by atoms with van der Waals surface area (Å²) in [5.41, 5.74) is 1.64. The van der Waals surface area contributed by atoms with Crippen LogP contribution in [-0.2, 0) is 6.54 Å². The van der Waals surface area contributed by atoms with Gasteiger partial charge in [0, 0.05) is 6.54 Å². The van der Waals surface area contributed by atoms with E-state index in [0.717, 1.165) is 12.1 Å². The molecule has 0 atom stereocenters. The second-order valence-electron chi connectivity index (χ2n) is 4.11. The summed E-state index contributed by atoms with van der Waals surface area (Å²) in [5, 5.41) is 8.70. The van der Waals surface area contributed by atoms with Crippen LogP contribution in [0.25, 0.3) is 11.0 Å². The van der Waals surface area contributed by atoms with E-state index in [-0.39, 0.29) is 0 Å². The lowest BCUT2D eigenvalue weighted by Crippen LogP contribution is -2.05. The van der Waals surface area contributed by atoms with Crippen LogP contribution < -0.4 is 4.74 Å². The zero-order chi connectivity index (χ0) is 11.7. The molecule has 0 aliphatic carbocycles. The van der Waals surface area contributed by atoms with Crippen molar-refractivity contribution in [2.24, 2.45) is 5.92 Å². The van der Waals surface area contributed by atoms with Crippen LogP contribution in [0.5, 0.6) is 5.75 Å². The number of aromatic nitrogens is 3. The van der Waals surface area contributed by atoms with E-state index in [1.54, 1.807) is 7.11 Å². The quantitative estimate of drug-likeness (QED) is 0.827. The molecule has 5 heteroatoms. The van der Waals surface area contributed by atoms with Gasteiger partial charge in [0.2, 0.25) is 0 Å². The number of fused-ring (bicyclic) bond motifs is 1. The summed E-state index contributed by atoms with van der Waals surface area (Å²) in [6, 6.07) is 3.77. The number of hydrogen-bond acceptors (Lipinski definition) is 3. The molecule has 0 saturated carbocycles. The lowest BCUT2D eigenvalue weighted by molar-refractivity contribution is 0.415. The molecule has 4 nitrogen and oxygen atoms in total. The maximum atomic E-state index is 6.15. The Bertz CT molecular complexity index is 507. The van der Waals surface area contributed by atoms with Gasteiger partial charge in [-0.15, -0.1) is 5.10 Å². The molecule has 86 valence electrons. The van der Waals surface area contributed by atoms with Gasteiger partial charge in [0.05, 0.1) is 12.6 Å². The Morgan fingerprint density at radius 1 is 1.44 bits per heavy atom. The number of nitrogens with zero attached hydrogens (tertiary/aromatic N) is 3. The van der Waals surface area contributed by atoms with Crippen molar-refractivity contribution in [3.8, 4) is 5.75 Å². The molecule has 0 radical (unpaired) electrons. The fourth-order valence-corrected chi connectivity index (χ4v) is 1.90. The van der Waals surface area contributed by atoms with E-state index in [1.165, 1.54) is 0 Å². The predicted molar refractivity (Wildman–Crippen MR) is 63.9 cm³/mol. The third-order valence-electron chi connectivity index (χ3n) is 2.35. The maximum absolute atomic E-state index is 6.15. The Morgan fingerprint density at radius 3 is 2.81 bits per heavy atom. The smallest absolute Gasteiger partial charge is 0.139 e. The van der Waals surface area contributed by atoms with Crippen molar-refractivity contribution in [2.45, 2.75) is 20.4 Å². The molecule has 1 aromatic carbocycles. The topological polar surface area (TPSA) is 39.9 Å². The standard InChI is InChI=1S/C11H14ClN3O/c1-7(2)6-15-8-4-5-9(16-3)10(12)11(8)13-14-15/h4-5,7H,6H2,1-3H3. The average Bonchev–Trinajstić information content (AvgIpc) is 2.62. The van der Waals surface area contributed by atoms with Gasteiger partial charge in [-0.3, -0.25) is 0 Å². The number of rotatable bonds is 3. The third kappa shape index (κ3) is 1.85. The molecule has 0 spiro atoms. The minimum atomic E-state index is 0.519. The first kappa shape index (κ1) is 11.2. The van der Waals surface area contributed by atoms with Crippen molar-refractivity contribution >= 4 is 22.6 Å². The van der Waals surface area contributed by atoms with Crippen LogP contribution in [0.3, 0.4) is 0 Å². The Balaban J connectivity index is 2.53. The van der Waals surface area contributed by atoms with Gasteiger partial charge in [-0.05, 0) is 18.1 Å². The molecule has 0 saturated heterocycles. The van der Waals surface area contributed by atoms with Gasteiger partial charge >= 0.3 is 0 Å². The maximum Gasteiger partial charge on any atom is 0.139 e. The lowest BCUT2D eigenvalue weighted by Gasteiger charge is -2.06. The number of methoxy groups -OCH3 is 1. The Morgan fingerprint density at radius 2 is 2.19 bits per heavy atom. The Hall–Kier alpha value is -1.29. The highest BCUT2D eigenvalue weighted by Gasteiger charge is 2.12. The highest BCUT2D eigenvalue weighted by Crippen LogP contribution is 2.31. The predicted octanol–water partition coefficient (Wildman–Crippen LogP) is 2.75. The van der Waals surface area contributed by atoms with Gasteiger partial charge in [0.1, 0.15) is 16.3 Å². The van der Waals surface area contributed by atoms with E-state index in [9.17, 15) is 0 Å². The molecular formula is C11H14ClN3O. The van der Waals surface area contributed by atoms with Crippen LogP contribution >= 0.6 is 11.6 Å². The zero-order valence-electron chi connectivity index (χ0n) is 9.57. The van der Waals surface area contributed by atoms with Crippen molar-refractivity contribution < 1.29 is 4.74 Å². The van der Waals surface area contributed by atoms with Gasteiger partial charge in [0.15, 0.2) is 0 Å². The first-order valence-corrected chi connectivity index (χ1v) is 5.57. The van der Waals surface area contributed by atoms with Crippen LogP contribution in [0, 0.1) is 5.92 Å². The van der Waals surface area contributed by atoms with E-state index < -0.39 is 0 Å². The van der Waals surface area contributed by atoms with E-state index in [1.807, 2.05) is 16.8 Å². The number of halogens is 1.